The van der Waals surface area contributed by atoms with Crippen LogP contribution in [0.1, 0.15) is 48.9 Å². The minimum atomic E-state index is -0.00566. The van der Waals surface area contributed by atoms with Gasteiger partial charge >= 0.3 is 6.03 Å². The fourth-order valence-electron chi connectivity index (χ4n) is 4.39. The molecule has 2 amide bonds. The molecule has 5 heteroatoms. The van der Waals surface area contributed by atoms with Crippen molar-refractivity contribution in [2.45, 2.75) is 58.2 Å². The van der Waals surface area contributed by atoms with Gasteiger partial charge in [-0.25, -0.2) is 4.79 Å². The molecule has 1 aliphatic carbocycles. The molecular weight excluding hydrogens is 450 g/mol. The predicted molar refractivity (Wildman–Crippen MR) is 130 cm³/mol. The number of halogens is 1. The Balaban J connectivity index is 1.53. The van der Waals surface area contributed by atoms with Crippen molar-refractivity contribution < 1.29 is 4.79 Å². The molecule has 4 rings (SSSR count). The van der Waals surface area contributed by atoms with E-state index in [1.807, 2.05) is 31.2 Å². The second kappa shape index (κ2) is 10.2. The van der Waals surface area contributed by atoms with Gasteiger partial charge in [-0.3, -0.25) is 0 Å². The Kier molecular flexibility index (Phi) is 7.13. The van der Waals surface area contributed by atoms with Crippen LogP contribution in [0.5, 0.6) is 0 Å². The van der Waals surface area contributed by atoms with E-state index in [0.29, 0.717) is 6.54 Å². The van der Waals surface area contributed by atoms with Gasteiger partial charge < -0.3 is 14.8 Å². The van der Waals surface area contributed by atoms with Gasteiger partial charge in [0.25, 0.3) is 0 Å². The van der Waals surface area contributed by atoms with E-state index in [2.05, 4.69) is 73.3 Å². The molecule has 1 N–H and O–H groups in total. The van der Waals surface area contributed by atoms with Crippen LogP contribution in [-0.4, -0.2) is 21.5 Å². The summed E-state index contributed by atoms with van der Waals surface area (Å²) < 4.78 is 3.33. The van der Waals surface area contributed by atoms with Gasteiger partial charge in [0.1, 0.15) is 0 Å². The minimum Gasteiger partial charge on any atom is -0.345 e. The summed E-state index contributed by atoms with van der Waals surface area (Å²) in [5, 5.41) is 3.14. The lowest BCUT2D eigenvalue weighted by Gasteiger charge is -2.34. The van der Waals surface area contributed by atoms with E-state index in [4.69, 9.17) is 0 Å². The largest absolute Gasteiger partial charge is 0.345 e. The molecule has 162 valence electrons. The Morgan fingerprint density at radius 2 is 1.84 bits per heavy atom. The van der Waals surface area contributed by atoms with Crippen LogP contribution in [0.3, 0.4) is 0 Å². The number of rotatable bonds is 6. The lowest BCUT2D eigenvalue weighted by molar-refractivity contribution is 0.161. The molecule has 31 heavy (non-hydrogen) atoms. The molecule has 3 aromatic rings. The van der Waals surface area contributed by atoms with Gasteiger partial charge in [-0.15, -0.1) is 0 Å². The summed E-state index contributed by atoms with van der Waals surface area (Å²) in [4.78, 5) is 15.4. The van der Waals surface area contributed by atoms with Gasteiger partial charge in [-0.2, -0.15) is 0 Å². The number of aryl methyl sites for hydroxylation is 1. The third-order valence-electron chi connectivity index (χ3n) is 6.07. The summed E-state index contributed by atoms with van der Waals surface area (Å²) >= 11 is 3.50. The number of carbonyl (C=O) groups excluding carboxylic acids is 1. The summed E-state index contributed by atoms with van der Waals surface area (Å²) in [5.74, 6) is 0. The lowest BCUT2D eigenvalue weighted by Crippen LogP contribution is -2.43. The number of anilines is 1. The topological polar surface area (TPSA) is 37.3 Å². The highest BCUT2D eigenvalue weighted by molar-refractivity contribution is 9.10. The third kappa shape index (κ3) is 5.79. The molecule has 0 atom stereocenters. The number of hydrogen-bond donors (Lipinski definition) is 1. The molecule has 2 aromatic carbocycles. The molecule has 1 heterocycles. The van der Waals surface area contributed by atoms with Gasteiger partial charge in [-0.1, -0.05) is 59.5 Å². The molecular formula is C26H30BrN3O. The van der Waals surface area contributed by atoms with E-state index in [0.717, 1.165) is 40.8 Å². The zero-order valence-corrected chi connectivity index (χ0v) is 19.6. The number of nitrogens with one attached hydrogen (secondary N) is 1. The second-order valence-electron chi connectivity index (χ2n) is 8.47. The molecule has 0 bridgehead atoms. The number of hydrogen-bond acceptors (Lipinski definition) is 1. The van der Waals surface area contributed by atoms with Crippen LogP contribution in [0.25, 0.3) is 0 Å². The molecule has 1 aliphatic rings. The molecule has 0 radical (unpaired) electrons. The van der Waals surface area contributed by atoms with Crippen LogP contribution in [0.4, 0.5) is 10.5 Å². The highest BCUT2D eigenvalue weighted by Crippen LogP contribution is 2.26. The first-order valence-corrected chi connectivity index (χ1v) is 11.9. The summed E-state index contributed by atoms with van der Waals surface area (Å²) in [5.41, 5.74) is 4.41. The molecule has 1 aromatic heterocycles. The Bertz CT molecular complexity index is 1010. The van der Waals surface area contributed by atoms with Gasteiger partial charge in [0.15, 0.2) is 0 Å². The molecule has 4 nitrogen and oxygen atoms in total. The number of carbonyl (C=O) groups is 1. The van der Waals surface area contributed by atoms with Crippen LogP contribution in [0, 0.1) is 6.92 Å². The summed E-state index contributed by atoms with van der Waals surface area (Å²) in [6, 6.07) is 20.9. The predicted octanol–water partition coefficient (Wildman–Crippen LogP) is 6.97. The van der Waals surface area contributed by atoms with Gasteiger partial charge in [0.05, 0.1) is 6.54 Å². The van der Waals surface area contributed by atoms with Crippen molar-refractivity contribution in [1.82, 2.24) is 9.47 Å². The maximum Gasteiger partial charge on any atom is 0.322 e. The van der Waals surface area contributed by atoms with Crippen LogP contribution in [-0.2, 0) is 13.1 Å². The van der Waals surface area contributed by atoms with Crippen LogP contribution >= 0.6 is 15.9 Å². The van der Waals surface area contributed by atoms with E-state index in [-0.39, 0.29) is 12.1 Å². The number of benzene rings is 2. The average molecular weight is 480 g/mol. The molecule has 1 fully saturated rings. The first-order valence-electron chi connectivity index (χ1n) is 11.1. The van der Waals surface area contributed by atoms with Crippen LogP contribution < -0.4 is 5.32 Å². The molecule has 1 saturated carbocycles. The summed E-state index contributed by atoms with van der Waals surface area (Å²) in [7, 11) is 0. The van der Waals surface area contributed by atoms with E-state index in [1.54, 1.807) is 0 Å². The highest BCUT2D eigenvalue weighted by atomic mass is 79.9. The van der Waals surface area contributed by atoms with Crippen LogP contribution in [0.15, 0.2) is 71.3 Å². The summed E-state index contributed by atoms with van der Waals surface area (Å²) in [6.07, 6.45) is 7.92. The van der Waals surface area contributed by atoms with Gasteiger partial charge in [0.2, 0.25) is 0 Å². The van der Waals surface area contributed by atoms with E-state index in [9.17, 15) is 4.79 Å². The third-order valence-corrected chi connectivity index (χ3v) is 6.60. The van der Waals surface area contributed by atoms with E-state index >= 15 is 0 Å². The maximum absolute atomic E-state index is 13.4. The van der Waals surface area contributed by atoms with Crippen molar-refractivity contribution in [3.8, 4) is 0 Å². The van der Waals surface area contributed by atoms with Gasteiger partial charge in [0, 0.05) is 34.6 Å². The normalized spacial score (nSPS) is 14.4. The average Bonchev–Trinajstić information content (AvgIpc) is 3.21. The zero-order valence-electron chi connectivity index (χ0n) is 18.1. The fourth-order valence-corrected chi connectivity index (χ4v) is 4.65. The number of amides is 2. The standard InChI is InChI=1S/C26H30BrN3O/c1-20-7-5-8-23(17-20)28-26(31)30(24-9-3-2-4-10-24)19-25-11-6-16-29(25)18-21-12-14-22(27)15-13-21/h5-8,11-17,24H,2-4,9-10,18-19H2,1H3,(H,28,31). The lowest BCUT2D eigenvalue weighted by atomic mass is 9.94. The van der Waals surface area contributed by atoms with E-state index in [1.165, 1.54) is 24.8 Å². The number of nitrogens with zero attached hydrogens (tertiary/aromatic N) is 2. The van der Waals surface area contributed by atoms with Crippen molar-refractivity contribution in [1.29, 1.82) is 0 Å². The quantitative estimate of drug-likeness (QED) is 0.406. The smallest absolute Gasteiger partial charge is 0.322 e. The van der Waals surface area contributed by atoms with Crippen molar-refractivity contribution in [2.24, 2.45) is 0 Å². The van der Waals surface area contributed by atoms with Crippen molar-refractivity contribution in [3.05, 3.63) is 88.2 Å². The molecule has 0 unspecified atom stereocenters. The van der Waals surface area contributed by atoms with Crippen molar-refractivity contribution in [2.75, 3.05) is 5.32 Å². The first kappa shape index (κ1) is 21.7. The second-order valence-corrected chi connectivity index (χ2v) is 9.39. The Morgan fingerprint density at radius 3 is 2.58 bits per heavy atom. The highest BCUT2D eigenvalue weighted by Gasteiger charge is 2.26. The number of urea groups is 1. The molecule has 0 aliphatic heterocycles. The minimum absolute atomic E-state index is 0.00566. The maximum atomic E-state index is 13.4. The van der Waals surface area contributed by atoms with E-state index < -0.39 is 0 Å². The fraction of sp³-hybridized carbons (Fsp3) is 0.346. The Labute approximate surface area is 193 Å². The number of aromatic nitrogens is 1. The zero-order chi connectivity index (χ0) is 21.6. The molecule has 0 saturated heterocycles. The SMILES string of the molecule is Cc1cccc(NC(=O)N(Cc2cccn2Cc2ccc(Br)cc2)C2CCCCC2)c1. The monoisotopic (exact) mass is 479 g/mol. The van der Waals surface area contributed by atoms with Gasteiger partial charge in [-0.05, 0) is 67.3 Å². The summed E-state index contributed by atoms with van der Waals surface area (Å²) in [6.45, 7) is 3.46. The van der Waals surface area contributed by atoms with Crippen molar-refractivity contribution >= 4 is 27.6 Å². The van der Waals surface area contributed by atoms with Crippen LogP contribution in [0.2, 0.25) is 0 Å². The Morgan fingerprint density at radius 1 is 1.06 bits per heavy atom. The molecule has 0 spiro atoms. The van der Waals surface area contributed by atoms with Crippen molar-refractivity contribution in [3.63, 3.8) is 0 Å². The first-order chi connectivity index (χ1) is 15.1. The Hall–Kier alpha value is -2.53.